The van der Waals surface area contributed by atoms with Crippen molar-refractivity contribution in [2.75, 3.05) is 0 Å². The van der Waals surface area contributed by atoms with Crippen molar-refractivity contribution in [2.24, 2.45) is 5.92 Å². The monoisotopic (exact) mass is 237 g/mol. The third-order valence-electron chi connectivity index (χ3n) is 3.58. The molecule has 1 N–H and O–H groups in total. The average molecular weight is 238 g/mol. The van der Waals surface area contributed by atoms with Crippen molar-refractivity contribution in [1.82, 2.24) is 5.32 Å². The van der Waals surface area contributed by atoms with Gasteiger partial charge in [-0.2, -0.15) is 0 Å². The summed E-state index contributed by atoms with van der Waals surface area (Å²) in [6.07, 6.45) is 4.03. The number of benzene rings is 1. The largest absolute Gasteiger partial charge is 0.310 e. The van der Waals surface area contributed by atoms with E-state index >= 15 is 0 Å². The zero-order valence-electron chi connectivity index (χ0n) is 10.1. The van der Waals surface area contributed by atoms with Crippen molar-refractivity contribution in [3.63, 3.8) is 0 Å². The Hall–Kier alpha value is -0.530. The van der Waals surface area contributed by atoms with E-state index in [1.165, 1.54) is 30.4 Å². The second-order valence-corrected chi connectivity index (χ2v) is 5.50. The molecule has 0 radical (unpaired) electrons. The van der Waals surface area contributed by atoms with Gasteiger partial charge in [0.2, 0.25) is 0 Å². The minimum absolute atomic E-state index is 0.713. The van der Waals surface area contributed by atoms with Crippen LogP contribution < -0.4 is 5.32 Å². The van der Waals surface area contributed by atoms with E-state index in [0.717, 1.165) is 17.5 Å². The molecule has 1 aliphatic rings. The Kier molecular flexibility index (Phi) is 3.88. The fraction of sp³-hybridized carbons (Fsp3) is 0.571. The Morgan fingerprint density at radius 3 is 2.81 bits per heavy atom. The van der Waals surface area contributed by atoms with E-state index in [1.807, 2.05) is 12.1 Å². The van der Waals surface area contributed by atoms with E-state index in [4.69, 9.17) is 11.6 Å². The molecule has 1 saturated carbocycles. The quantitative estimate of drug-likeness (QED) is 0.840. The fourth-order valence-corrected chi connectivity index (χ4v) is 2.73. The highest BCUT2D eigenvalue weighted by Crippen LogP contribution is 2.25. The van der Waals surface area contributed by atoms with E-state index in [-0.39, 0.29) is 0 Å². The first kappa shape index (κ1) is 11.9. The van der Waals surface area contributed by atoms with Crippen LogP contribution in [0.1, 0.15) is 37.3 Å². The minimum atomic E-state index is 0.713. The van der Waals surface area contributed by atoms with Gasteiger partial charge in [0.25, 0.3) is 0 Å². The first-order chi connectivity index (χ1) is 7.65. The molecule has 0 amide bonds. The minimum Gasteiger partial charge on any atom is -0.310 e. The van der Waals surface area contributed by atoms with Crippen molar-refractivity contribution in [3.8, 4) is 0 Å². The molecule has 0 spiro atoms. The summed E-state index contributed by atoms with van der Waals surface area (Å²) in [5.41, 5.74) is 2.65. The standard InChI is InChI=1S/C14H20ClN/c1-10-3-6-14(7-10)16-9-12-4-5-13(15)8-11(12)2/h4-5,8,10,14,16H,3,6-7,9H2,1-2H3. The molecule has 1 fully saturated rings. The van der Waals surface area contributed by atoms with Crippen LogP contribution in [0.3, 0.4) is 0 Å². The second kappa shape index (κ2) is 5.20. The van der Waals surface area contributed by atoms with Crippen molar-refractivity contribution < 1.29 is 0 Å². The lowest BCUT2D eigenvalue weighted by Gasteiger charge is -2.13. The highest BCUT2D eigenvalue weighted by atomic mass is 35.5. The summed E-state index contributed by atoms with van der Waals surface area (Å²) < 4.78 is 0. The molecular formula is C14H20ClN. The maximum Gasteiger partial charge on any atom is 0.0408 e. The SMILES string of the molecule is Cc1cc(Cl)ccc1CNC1CCC(C)C1. The van der Waals surface area contributed by atoms with Crippen LogP contribution in [0.5, 0.6) is 0 Å². The summed E-state index contributed by atoms with van der Waals surface area (Å²) >= 11 is 5.94. The highest BCUT2D eigenvalue weighted by molar-refractivity contribution is 6.30. The van der Waals surface area contributed by atoms with Gasteiger partial charge >= 0.3 is 0 Å². The molecule has 1 nitrogen and oxygen atoms in total. The van der Waals surface area contributed by atoms with Crippen molar-refractivity contribution >= 4 is 11.6 Å². The Labute approximate surface area is 103 Å². The van der Waals surface area contributed by atoms with E-state index in [9.17, 15) is 0 Å². The molecule has 2 rings (SSSR count). The summed E-state index contributed by atoms with van der Waals surface area (Å²) in [5, 5.41) is 4.47. The van der Waals surface area contributed by atoms with Crippen LogP contribution >= 0.6 is 11.6 Å². The average Bonchev–Trinajstić information content (AvgIpc) is 2.63. The fourth-order valence-electron chi connectivity index (χ4n) is 2.50. The van der Waals surface area contributed by atoms with Gasteiger partial charge in [-0.3, -0.25) is 0 Å². The van der Waals surface area contributed by atoms with Crippen LogP contribution in [0.4, 0.5) is 0 Å². The number of aryl methyl sites for hydroxylation is 1. The smallest absolute Gasteiger partial charge is 0.0408 e. The van der Waals surface area contributed by atoms with Crippen molar-refractivity contribution in [2.45, 2.75) is 45.7 Å². The first-order valence-corrected chi connectivity index (χ1v) is 6.51. The Morgan fingerprint density at radius 1 is 1.38 bits per heavy atom. The molecule has 0 heterocycles. The number of rotatable bonds is 3. The van der Waals surface area contributed by atoms with E-state index in [0.29, 0.717) is 6.04 Å². The number of nitrogens with one attached hydrogen (secondary N) is 1. The van der Waals surface area contributed by atoms with Crippen LogP contribution in [0.2, 0.25) is 5.02 Å². The molecule has 0 aromatic heterocycles. The van der Waals surface area contributed by atoms with Crippen LogP contribution in [-0.4, -0.2) is 6.04 Å². The van der Waals surface area contributed by atoms with Crippen LogP contribution in [-0.2, 0) is 6.54 Å². The summed E-state index contributed by atoms with van der Waals surface area (Å²) in [5.74, 6) is 0.892. The second-order valence-electron chi connectivity index (χ2n) is 5.07. The van der Waals surface area contributed by atoms with Gasteiger partial charge in [-0.1, -0.05) is 24.6 Å². The molecule has 1 aromatic carbocycles. The number of halogens is 1. The highest BCUT2D eigenvalue weighted by Gasteiger charge is 2.20. The van der Waals surface area contributed by atoms with Gasteiger partial charge in [0, 0.05) is 17.6 Å². The molecule has 0 saturated heterocycles. The van der Waals surface area contributed by atoms with Crippen molar-refractivity contribution in [3.05, 3.63) is 34.3 Å². The lowest BCUT2D eigenvalue weighted by atomic mass is 10.1. The topological polar surface area (TPSA) is 12.0 Å². The van der Waals surface area contributed by atoms with E-state index in [2.05, 4.69) is 25.2 Å². The molecule has 2 heteroatoms. The van der Waals surface area contributed by atoms with Crippen LogP contribution in [0.25, 0.3) is 0 Å². The maximum absolute atomic E-state index is 5.94. The molecule has 88 valence electrons. The molecule has 1 aromatic rings. The molecule has 1 aliphatic carbocycles. The number of hydrogen-bond acceptors (Lipinski definition) is 1. The van der Waals surface area contributed by atoms with Gasteiger partial charge in [0.15, 0.2) is 0 Å². The Bertz CT molecular complexity index is 362. The van der Waals surface area contributed by atoms with Gasteiger partial charge in [0.1, 0.15) is 0 Å². The third-order valence-corrected chi connectivity index (χ3v) is 3.82. The van der Waals surface area contributed by atoms with Crippen LogP contribution in [0, 0.1) is 12.8 Å². The van der Waals surface area contributed by atoms with Crippen LogP contribution in [0.15, 0.2) is 18.2 Å². The van der Waals surface area contributed by atoms with E-state index < -0.39 is 0 Å². The van der Waals surface area contributed by atoms with Gasteiger partial charge in [0.05, 0.1) is 0 Å². The number of hydrogen-bond donors (Lipinski definition) is 1. The summed E-state index contributed by atoms with van der Waals surface area (Å²) in [7, 11) is 0. The predicted octanol–water partition coefficient (Wildman–Crippen LogP) is 3.93. The normalized spacial score (nSPS) is 24.9. The van der Waals surface area contributed by atoms with Gasteiger partial charge in [-0.25, -0.2) is 0 Å². The summed E-state index contributed by atoms with van der Waals surface area (Å²) in [4.78, 5) is 0. The van der Waals surface area contributed by atoms with Gasteiger partial charge in [-0.05, 0) is 55.4 Å². The Morgan fingerprint density at radius 2 is 2.19 bits per heavy atom. The van der Waals surface area contributed by atoms with Gasteiger partial charge < -0.3 is 5.32 Å². The molecule has 2 unspecified atom stereocenters. The molecule has 16 heavy (non-hydrogen) atoms. The molecule has 0 aliphatic heterocycles. The summed E-state index contributed by atoms with van der Waals surface area (Å²) in [6.45, 7) is 5.44. The zero-order valence-corrected chi connectivity index (χ0v) is 10.8. The maximum atomic E-state index is 5.94. The summed E-state index contributed by atoms with van der Waals surface area (Å²) in [6, 6.07) is 6.85. The lowest BCUT2D eigenvalue weighted by molar-refractivity contribution is 0.501. The molecular weight excluding hydrogens is 218 g/mol. The Balaban J connectivity index is 1.89. The van der Waals surface area contributed by atoms with Gasteiger partial charge in [-0.15, -0.1) is 0 Å². The predicted molar refractivity (Wildman–Crippen MR) is 69.8 cm³/mol. The first-order valence-electron chi connectivity index (χ1n) is 6.13. The lowest BCUT2D eigenvalue weighted by Crippen LogP contribution is -2.26. The zero-order chi connectivity index (χ0) is 11.5. The van der Waals surface area contributed by atoms with Crippen molar-refractivity contribution in [1.29, 1.82) is 0 Å². The third kappa shape index (κ3) is 2.99. The molecule has 2 atom stereocenters. The molecule has 0 bridgehead atoms. The van der Waals surface area contributed by atoms with E-state index in [1.54, 1.807) is 0 Å².